The van der Waals surface area contributed by atoms with Gasteiger partial charge in [0.1, 0.15) is 11.3 Å². The normalized spacial score (nSPS) is 11.7. The zero-order valence-corrected chi connectivity index (χ0v) is 13.0. The lowest BCUT2D eigenvalue weighted by Crippen LogP contribution is -2.12. The lowest BCUT2D eigenvalue weighted by molar-refractivity contribution is 0.509. The number of hydrogen-bond donors (Lipinski definition) is 1. The zero-order valence-electron chi connectivity index (χ0n) is 11.4. The van der Waals surface area contributed by atoms with E-state index in [9.17, 15) is 0 Å². The van der Waals surface area contributed by atoms with Crippen LogP contribution in [0.15, 0.2) is 21.0 Å². The summed E-state index contributed by atoms with van der Waals surface area (Å²) in [6.45, 7) is 10.4. The van der Waals surface area contributed by atoms with E-state index in [1.165, 1.54) is 16.5 Å². The molecule has 0 amide bonds. The fourth-order valence-electron chi connectivity index (χ4n) is 2.40. The van der Waals surface area contributed by atoms with Crippen LogP contribution in [-0.4, -0.2) is 6.54 Å². The summed E-state index contributed by atoms with van der Waals surface area (Å²) in [6.07, 6.45) is 0. The highest BCUT2D eigenvalue weighted by atomic mass is 79.9. The molecular formula is C15H20BrNO. The number of hydrogen-bond acceptors (Lipinski definition) is 2. The maximum absolute atomic E-state index is 6.06. The lowest BCUT2D eigenvalue weighted by atomic mass is 9.98. The first-order chi connectivity index (χ1) is 8.54. The van der Waals surface area contributed by atoms with Crippen molar-refractivity contribution in [2.75, 3.05) is 6.54 Å². The molecule has 0 saturated carbocycles. The first-order valence-electron chi connectivity index (χ1n) is 6.46. The molecule has 2 rings (SSSR count). The molecular weight excluding hydrogens is 290 g/mol. The second kappa shape index (κ2) is 5.45. The van der Waals surface area contributed by atoms with Crippen LogP contribution in [0.1, 0.15) is 43.6 Å². The fourth-order valence-corrected chi connectivity index (χ4v) is 2.97. The highest BCUT2D eigenvalue weighted by Crippen LogP contribution is 2.35. The van der Waals surface area contributed by atoms with Crippen molar-refractivity contribution in [2.45, 2.75) is 40.2 Å². The third kappa shape index (κ3) is 2.47. The van der Waals surface area contributed by atoms with Crippen LogP contribution in [0.25, 0.3) is 11.0 Å². The van der Waals surface area contributed by atoms with E-state index < -0.39 is 0 Å². The van der Waals surface area contributed by atoms with Crippen LogP contribution in [0.5, 0.6) is 0 Å². The van der Waals surface area contributed by atoms with Crippen LogP contribution in [0.4, 0.5) is 0 Å². The summed E-state index contributed by atoms with van der Waals surface area (Å²) in [4.78, 5) is 0. The van der Waals surface area contributed by atoms with Gasteiger partial charge in [0.2, 0.25) is 0 Å². The quantitative estimate of drug-likeness (QED) is 0.882. The summed E-state index contributed by atoms with van der Waals surface area (Å²) in [5.74, 6) is 1.54. The van der Waals surface area contributed by atoms with Crippen molar-refractivity contribution < 1.29 is 4.42 Å². The van der Waals surface area contributed by atoms with Gasteiger partial charge in [-0.3, -0.25) is 0 Å². The molecule has 18 heavy (non-hydrogen) atoms. The SMILES string of the molecule is CCNCc1oc2c(C)cc(Br)cc2c1C(C)C. The molecule has 98 valence electrons. The van der Waals surface area contributed by atoms with E-state index in [0.717, 1.165) is 28.9 Å². The number of halogens is 1. The number of aryl methyl sites for hydroxylation is 1. The van der Waals surface area contributed by atoms with Crippen LogP contribution in [0.3, 0.4) is 0 Å². The Kier molecular flexibility index (Phi) is 4.13. The van der Waals surface area contributed by atoms with Gasteiger partial charge in [-0.05, 0) is 37.1 Å². The van der Waals surface area contributed by atoms with Crippen molar-refractivity contribution in [3.63, 3.8) is 0 Å². The Balaban J connectivity index is 2.63. The molecule has 0 aliphatic carbocycles. The summed E-state index contributed by atoms with van der Waals surface area (Å²) in [5, 5.41) is 4.59. The lowest BCUT2D eigenvalue weighted by Gasteiger charge is -2.07. The van der Waals surface area contributed by atoms with Gasteiger partial charge in [0.05, 0.1) is 6.54 Å². The number of benzene rings is 1. The molecule has 0 aliphatic heterocycles. The van der Waals surface area contributed by atoms with Crippen molar-refractivity contribution in [1.29, 1.82) is 0 Å². The van der Waals surface area contributed by atoms with Crippen LogP contribution in [0.2, 0.25) is 0 Å². The minimum absolute atomic E-state index is 0.466. The monoisotopic (exact) mass is 309 g/mol. The van der Waals surface area contributed by atoms with Crippen molar-refractivity contribution in [3.8, 4) is 0 Å². The molecule has 0 saturated heterocycles. The van der Waals surface area contributed by atoms with E-state index in [1.807, 2.05) is 0 Å². The molecule has 0 atom stereocenters. The van der Waals surface area contributed by atoms with Crippen LogP contribution in [0, 0.1) is 6.92 Å². The minimum atomic E-state index is 0.466. The van der Waals surface area contributed by atoms with E-state index in [1.54, 1.807) is 0 Å². The van der Waals surface area contributed by atoms with Crippen molar-refractivity contribution >= 4 is 26.9 Å². The number of furan rings is 1. The topological polar surface area (TPSA) is 25.2 Å². The maximum Gasteiger partial charge on any atom is 0.137 e. The third-order valence-electron chi connectivity index (χ3n) is 3.17. The average Bonchev–Trinajstić information content (AvgIpc) is 2.64. The Bertz CT molecular complexity index is 557. The first kappa shape index (κ1) is 13.6. The molecule has 1 aromatic carbocycles. The van der Waals surface area contributed by atoms with Gasteiger partial charge in [-0.2, -0.15) is 0 Å². The van der Waals surface area contributed by atoms with E-state index in [-0.39, 0.29) is 0 Å². The Morgan fingerprint density at radius 2 is 2.06 bits per heavy atom. The first-order valence-corrected chi connectivity index (χ1v) is 7.26. The molecule has 0 aliphatic rings. The van der Waals surface area contributed by atoms with Gasteiger partial charge in [0.15, 0.2) is 0 Å². The standard InChI is InChI=1S/C15H20BrNO/c1-5-17-8-13-14(9(2)3)12-7-11(16)6-10(4)15(12)18-13/h6-7,9,17H,5,8H2,1-4H3. The molecule has 0 radical (unpaired) electrons. The molecule has 1 aromatic heterocycles. The van der Waals surface area contributed by atoms with E-state index >= 15 is 0 Å². The van der Waals surface area contributed by atoms with Gasteiger partial charge >= 0.3 is 0 Å². The van der Waals surface area contributed by atoms with E-state index in [0.29, 0.717) is 5.92 Å². The number of rotatable bonds is 4. The molecule has 1 heterocycles. The van der Waals surface area contributed by atoms with Gasteiger partial charge in [-0.1, -0.05) is 36.7 Å². The molecule has 1 N–H and O–H groups in total. The second-order valence-corrected chi connectivity index (χ2v) is 5.89. The van der Waals surface area contributed by atoms with Crippen LogP contribution >= 0.6 is 15.9 Å². The number of fused-ring (bicyclic) bond motifs is 1. The van der Waals surface area contributed by atoms with Crippen LogP contribution < -0.4 is 5.32 Å². The molecule has 0 fully saturated rings. The smallest absolute Gasteiger partial charge is 0.137 e. The number of nitrogens with one attached hydrogen (secondary N) is 1. The maximum atomic E-state index is 6.06. The van der Waals surface area contributed by atoms with Crippen molar-refractivity contribution in [1.82, 2.24) is 5.32 Å². The fraction of sp³-hybridized carbons (Fsp3) is 0.467. The summed E-state index contributed by atoms with van der Waals surface area (Å²) in [7, 11) is 0. The highest BCUT2D eigenvalue weighted by Gasteiger charge is 2.18. The van der Waals surface area contributed by atoms with Crippen molar-refractivity contribution in [3.05, 3.63) is 33.5 Å². The summed E-state index contributed by atoms with van der Waals surface area (Å²) in [5.41, 5.74) is 3.54. The Morgan fingerprint density at radius 3 is 2.67 bits per heavy atom. The minimum Gasteiger partial charge on any atom is -0.459 e. The predicted molar refractivity (Wildman–Crippen MR) is 80.1 cm³/mol. The van der Waals surface area contributed by atoms with Gasteiger partial charge in [-0.15, -0.1) is 0 Å². The third-order valence-corrected chi connectivity index (χ3v) is 3.63. The Morgan fingerprint density at radius 1 is 1.33 bits per heavy atom. The average molecular weight is 310 g/mol. The molecule has 2 aromatic rings. The van der Waals surface area contributed by atoms with Gasteiger partial charge in [0.25, 0.3) is 0 Å². The van der Waals surface area contributed by atoms with Crippen LogP contribution in [-0.2, 0) is 6.54 Å². The molecule has 2 nitrogen and oxygen atoms in total. The zero-order chi connectivity index (χ0) is 13.3. The molecule has 0 unspecified atom stereocenters. The molecule has 0 bridgehead atoms. The van der Waals surface area contributed by atoms with Gasteiger partial charge < -0.3 is 9.73 Å². The Labute approximate surface area is 117 Å². The summed E-state index contributed by atoms with van der Waals surface area (Å²) in [6, 6.07) is 4.27. The largest absolute Gasteiger partial charge is 0.459 e. The predicted octanol–water partition coefficient (Wildman–Crippen LogP) is 4.74. The van der Waals surface area contributed by atoms with Gasteiger partial charge in [0, 0.05) is 15.4 Å². The van der Waals surface area contributed by atoms with E-state index in [4.69, 9.17) is 4.42 Å². The molecule has 3 heteroatoms. The summed E-state index contributed by atoms with van der Waals surface area (Å²) < 4.78 is 7.18. The Hall–Kier alpha value is -0.800. The molecule has 0 spiro atoms. The summed E-state index contributed by atoms with van der Waals surface area (Å²) >= 11 is 3.57. The van der Waals surface area contributed by atoms with Gasteiger partial charge in [-0.25, -0.2) is 0 Å². The second-order valence-electron chi connectivity index (χ2n) is 4.97. The van der Waals surface area contributed by atoms with Crippen molar-refractivity contribution in [2.24, 2.45) is 0 Å². The van der Waals surface area contributed by atoms with E-state index in [2.05, 4.69) is 61.1 Å². The highest BCUT2D eigenvalue weighted by molar-refractivity contribution is 9.10.